The number of carbonyl (C=O) groups is 3. The number of carbonyl (C=O) groups excluding carboxylic acids is 3. The number of amides is 4. The molecule has 0 radical (unpaired) electrons. The minimum Gasteiger partial charge on any atom is -0.351 e. The number of nitrogens with two attached hydrogens (primary N) is 1. The second-order valence-electron chi connectivity index (χ2n) is 8.44. The van der Waals surface area contributed by atoms with E-state index in [0.717, 1.165) is 36.1 Å². The van der Waals surface area contributed by atoms with Gasteiger partial charge in [-0.05, 0) is 67.9 Å². The minimum absolute atomic E-state index is 0.144. The molecule has 9 nitrogen and oxygen atoms in total. The van der Waals surface area contributed by atoms with Crippen LogP contribution in [0.25, 0.3) is 0 Å². The van der Waals surface area contributed by atoms with Crippen molar-refractivity contribution in [3.05, 3.63) is 45.8 Å². The van der Waals surface area contributed by atoms with Crippen molar-refractivity contribution in [1.82, 2.24) is 9.62 Å². The molecule has 1 aliphatic carbocycles. The highest BCUT2D eigenvalue weighted by atomic mass is 32.2. The van der Waals surface area contributed by atoms with Gasteiger partial charge in [0.2, 0.25) is 10.0 Å². The molecule has 1 aromatic heterocycles. The third-order valence-electron chi connectivity index (χ3n) is 6.11. The number of rotatable bonds is 5. The van der Waals surface area contributed by atoms with Crippen LogP contribution in [0.5, 0.6) is 0 Å². The van der Waals surface area contributed by atoms with Gasteiger partial charge in [-0.25, -0.2) is 13.2 Å². The highest BCUT2D eigenvalue weighted by Gasteiger charge is 2.30. The number of sulfonamides is 1. The number of anilines is 1. The molecule has 2 aromatic rings. The van der Waals surface area contributed by atoms with Gasteiger partial charge in [-0.2, -0.15) is 4.31 Å². The summed E-state index contributed by atoms with van der Waals surface area (Å²) in [6.07, 6.45) is 4.05. The van der Waals surface area contributed by atoms with Crippen molar-refractivity contribution in [2.24, 2.45) is 11.7 Å². The first-order valence-electron chi connectivity index (χ1n) is 10.8. The van der Waals surface area contributed by atoms with Crippen LogP contribution in [-0.2, 0) is 22.9 Å². The van der Waals surface area contributed by atoms with E-state index in [-0.39, 0.29) is 16.0 Å². The number of imide groups is 1. The van der Waals surface area contributed by atoms with Crippen LogP contribution in [-0.4, -0.2) is 43.7 Å². The molecule has 1 aromatic carbocycles. The van der Waals surface area contributed by atoms with E-state index < -0.39 is 27.9 Å². The van der Waals surface area contributed by atoms with Crippen LogP contribution in [0.1, 0.15) is 57.3 Å². The van der Waals surface area contributed by atoms with Gasteiger partial charge in [-0.3, -0.25) is 14.9 Å². The molecule has 0 unspecified atom stereocenters. The smallest absolute Gasteiger partial charge is 0.319 e. The summed E-state index contributed by atoms with van der Waals surface area (Å²) in [7, 11) is -3.61. The molecule has 1 aliphatic heterocycles. The van der Waals surface area contributed by atoms with Crippen LogP contribution in [0, 0.1) is 5.92 Å². The number of primary amides is 1. The summed E-state index contributed by atoms with van der Waals surface area (Å²) < 4.78 is 27.3. The van der Waals surface area contributed by atoms with E-state index >= 15 is 0 Å². The van der Waals surface area contributed by atoms with Gasteiger partial charge in [0.1, 0.15) is 5.00 Å². The van der Waals surface area contributed by atoms with Crippen LogP contribution < -0.4 is 16.4 Å². The Kier molecular flexibility index (Phi) is 6.55. The molecule has 176 valence electrons. The number of hydrogen-bond donors (Lipinski definition) is 3. The predicted octanol–water partition coefficient (Wildman–Crippen LogP) is 2.72. The van der Waals surface area contributed by atoms with E-state index in [0.29, 0.717) is 30.4 Å². The molecule has 0 saturated carbocycles. The highest BCUT2D eigenvalue weighted by molar-refractivity contribution is 7.89. The fourth-order valence-corrected chi connectivity index (χ4v) is 6.99. The molecule has 33 heavy (non-hydrogen) atoms. The lowest BCUT2D eigenvalue weighted by Gasteiger charge is -2.29. The van der Waals surface area contributed by atoms with Gasteiger partial charge in [0, 0.05) is 23.5 Å². The van der Waals surface area contributed by atoms with Gasteiger partial charge in [-0.1, -0.05) is 6.92 Å². The number of benzene rings is 1. The van der Waals surface area contributed by atoms with E-state index in [2.05, 4.69) is 17.6 Å². The van der Waals surface area contributed by atoms with Gasteiger partial charge >= 0.3 is 6.03 Å². The summed E-state index contributed by atoms with van der Waals surface area (Å²) in [5, 5.41) is 5.16. The first-order valence-corrected chi connectivity index (χ1v) is 13.1. The van der Waals surface area contributed by atoms with Crippen LogP contribution in [0.4, 0.5) is 9.80 Å². The number of nitrogens with zero attached hydrogens (tertiary/aromatic N) is 1. The summed E-state index contributed by atoms with van der Waals surface area (Å²) in [6.45, 7) is 3.10. The molecule has 1 fully saturated rings. The third kappa shape index (κ3) is 4.80. The monoisotopic (exact) mass is 490 g/mol. The number of aryl methyl sites for hydroxylation is 1. The molecule has 1 saturated heterocycles. The van der Waals surface area contributed by atoms with Gasteiger partial charge in [0.25, 0.3) is 11.8 Å². The van der Waals surface area contributed by atoms with Crippen molar-refractivity contribution in [1.29, 1.82) is 0 Å². The average Bonchev–Trinajstić information content (AvgIpc) is 3.34. The summed E-state index contributed by atoms with van der Waals surface area (Å²) in [6, 6.07) is 4.81. The van der Waals surface area contributed by atoms with Gasteiger partial charge in [0.05, 0.1) is 10.5 Å². The first-order chi connectivity index (χ1) is 15.7. The van der Waals surface area contributed by atoms with Gasteiger partial charge in [0.15, 0.2) is 0 Å². The quantitative estimate of drug-likeness (QED) is 0.591. The maximum atomic E-state index is 12.9. The zero-order valence-corrected chi connectivity index (χ0v) is 19.9. The van der Waals surface area contributed by atoms with Crippen molar-refractivity contribution in [2.75, 3.05) is 18.4 Å². The number of hydrogen-bond acceptors (Lipinski definition) is 6. The van der Waals surface area contributed by atoms with Gasteiger partial charge < -0.3 is 11.1 Å². The summed E-state index contributed by atoms with van der Waals surface area (Å²) in [5.74, 6) is -0.607. The third-order valence-corrected chi connectivity index (χ3v) is 9.23. The Hall–Kier alpha value is -2.76. The average molecular weight is 491 g/mol. The molecular weight excluding hydrogens is 464 g/mol. The molecule has 11 heteroatoms. The number of urea groups is 1. The molecule has 2 aliphatic rings. The van der Waals surface area contributed by atoms with Crippen molar-refractivity contribution < 1.29 is 22.8 Å². The summed E-state index contributed by atoms with van der Waals surface area (Å²) in [5.41, 5.74) is 6.44. The predicted molar refractivity (Wildman–Crippen MR) is 125 cm³/mol. The lowest BCUT2D eigenvalue weighted by molar-refractivity contribution is 0.0966. The summed E-state index contributed by atoms with van der Waals surface area (Å²) in [4.78, 5) is 37.7. The zero-order valence-electron chi connectivity index (χ0n) is 18.2. The molecule has 4 N–H and O–H groups in total. The Labute approximate surface area is 196 Å². The fourth-order valence-electron chi connectivity index (χ4n) is 4.23. The largest absolute Gasteiger partial charge is 0.351 e. The van der Waals surface area contributed by atoms with E-state index in [4.69, 9.17) is 5.73 Å². The van der Waals surface area contributed by atoms with Gasteiger partial charge in [-0.15, -0.1) is 11.3 Å². The number of fused-ring (bicyclic) bond motifs is 1. The normalized spacial score (nSPS) is 16.9. The van der Waals surface area contributed by atoms with Crippen molar-refractivity contribution in [3.8, 4) is 0 Å². The molecule has 4 rings (SSSR count). The van der Waals surface area contributed by atoms with E-state index in [1.807, 2.05) is 0 Å². The minimum atomic E-state index is -3.61. The molecule has 4 amide bonds. The Morgan fingerprint density at radius 3 is 2.36 bits per heavy atom. The Morgan fingerprint density at radius 2 is 1.73 bits per heavy atom. The molecule has 2 heterocycles. The van der Waals surface area contributed by atoms with Crippen LogP contribution in [0.3, 0.4) is 0 Å². The Morgan fingerprint density at radius 1 is 1.06 bits per heavy atom. The molecule has 0 atom stereocenters. The van der Waals surface area contributed by atoms with Crippen molar-refractivity contribution >= 4 is 44.2 Å². The second kappa shape index (κ2) is 9.24. The van der Waals surface area contributed by atoms with Crippen molar-refractivity contribution in [2.45, 2.75) is 43.9 Å². The highest BCUT2D eigenvalue weighted by Crippen LogP contribution is 2.39. The standard InChI is InChI=1S/C22H26N4O5S2/c1-13-9-11-26(12-10-13)33(30,31)15-7-5-14(6-8-15)19(27)24-21-18(20(28)25-22(23)29)16-3-2-4-17(16)32-21/h5-8,13H,2-4,9-12H2,1H3,(H,24,27)(H3,23,25,28,29). The molecule has 0 spiro atoms. The number of thiophene rings is 1. The first kappa shape index (κ1) is 23.4. The van der Waals surface area contributed by atoms with E-state index in [1.165, 1.54) is 39.9 Å². The lowest BCUT2D eigenvalue weighted by atomic mass is 10.0. The molecular formula is C22H26N4O5S2. The SMILES string of the molecule is CC1CCN(S(=O)(=O)c2ccc(C(=O)Nc3sc4c(c3C(=O)NC(N)=O)CCC4)cc2)CC1. The van der Waals surface area contributed by atoms with E-state index in [1.54, 1.807) is 0 Å². The van der Waals surface area contributed by atoms with Crippen LogP contribution in [0.15, 0.2) is 29.2 Å². The maximum Gasteiger partial charge on any atom is 0.319 e. The van der Waals surface area contributed by atoms with Crippen molar-refractivity contribution in [3.63, 3.8) is 0 Å². The summed E-state index contributed by atoms with van der Waals surface area (Å²) >= 11 is 1.31. The van der Waals surface area contributed by atoms with E-state index in [9.17, 15) is 22.8 Å². The topological polar surface area (TPSA) is 139 Å². The second-order valence-corrected chi connectivity index (χ2v) is 11.5. The van der Waals surface area contributed by atoms with Crippen LogP contribution in [0.2, 0.25) is 0 Å². The fraction of sp³-hybridized carbons (Fsp3) is 0.409. The Balaban J connectivity index is 1.52. The Bertz CT molecular complexity index is 1200. The lowest BCUT2D eigenvalue weighted by Crippen LogP contribution is -2.37. The number of nitrogens with one attached hydrogen (secondary N) is 2. The number of piperidine rings is 1. The zero-order chi connectivity index (χ0) is 23.8. The maximum absolute atomic E-state index is 12.9. The molecule has 0 bridgehead atoms. The van der Waals surface area contributed by atoms with Crippen LogP contribution >= 0.6 is 11.3 Å².